The summed E-state index contributed by atoms with van der Waals surface area (Å²) in [7, 11) is 0. The van der Waals surface area contributed by atoms with Crippen molar-refractivity contribution < 1.29 is 18.0 Å². The second-order valence-corrected chi connectivity index (χ2v) is 4.14. The normalized spacial score (nSPS) is 10.3. The van der Waals surface area contributed by atoms with Gasteiger partial charge in [-0.05, 0) is 19.1 Å². The van der Waals surface area contributed by atoms with Crippen LogP contribution in [0.25, 0.3) is 0 Å². The van der Waals surface area contributed by atoms with Crippen LogP contribution in [0, 0.1) is 17.5 Å². The van der Waals surface area contributed by atoms with Crippen LogP contribution in [0.1, 0.15) is 17.4 Å². The Morgan fingerprint density at radius 1 is 1.19 bits per heavy atom. The molecule has 4 nitrogen and oxygen atoms in total. The Balaban J connectivity index is 2.24. The van der Waals surface area contributed by atoms with Crippen LogP contribution >= 0.6 is 0 Å². The molecular formula is C14H12F3N3O. The highest BCUT2D eigenvalue weighted by Crippen LogP contribution is 2.20. The summed E-state index contributed by atoms with van der Waals surface area (Å²) in [5, 5.41) is 4.95. The van der Waals surface area contributed by atoms with E-state index in [-0.39, 0.29) is 5.69 Å². The van der Waals surface area contributed by atoms with Crippen molar-refractivity contribution in [2.75, 3.05) is 17.2 Å². The Hall–Kier alpha value is -2.57. The van der Waals surface area contributed by atoms with Gasteiger partial charge in [-0.25, -0.2) is 18.2 Å². The zero-order valence-corrected chi connectivity index (χ0v) is 11.1. The van der Waals surface area contributed by atoms with E-state index in [4.69, 9.17) is 0 Å². The first kappa shape index (κ1) is 14.8. The van der Waals surface area contributed by atoms with E-state index in [1.165, 1.54) is 6.07 Å². The Morgan fingerprint density at radius 3 is 2.48 bits per heavy atom. The molecular weight excluding hydrogens is 283 g/mol. The van der Waals surface area contributed by atoms with Gasteiger partial charge < -0.3 is 10.6 Å². The lowest BCUT2D eigenvalue weighted by Crippen LogP contribution is -2.16. The fourth-order valence-corrected chi connectivity index (χ4v) is 1.68. The number of hydrogen-bond donors (Lipinski definition) is 2. The van der Waals surface area contributed by atoms with E-state index in [1.807, 2.05) is 12.2 Å². The predicted molar refractivity (Wildman–Crippen MR) is 72.7 cm³/mol. The number of hydrogen-bond acceptors (Lipinski definition) is 3. The van der Waals surface area contributed by atoms with Crippen LogP contribution < -0.4 is 10.6 Å². The third-order valence-corrected chi connectivity index (χ3v) is 2.59. The molecule has 0 bridgehead atoms. The summed E-state index contributed by atoms with van der Waals surface area (Å²) in [4.78, 5) is 15.9. The fourth-order valence-electron chi connectivity index (χ4n) is 1.68. The van der Waals surface area contributed by atoms with Crippen molar-refractivity contribution >= 4 is 17.4 Å². The fraction of sp³-hybridized carbons (Fsp3) is 0.143. The van der Waals surface area contributed by atoms with Crippen molar-refractivity contribution in [1.29, 1.82) is 0 Å². The minimum Gasteiger partial charge on any atom is -0.370 e. The average molecular weight is 295 g/mol. The maximum absolute atomic E-state index is 13.5. The van der Waals surface area contributed by atoms with E-state index in [0.717, 1.165) is 0 Å². The summed E-state index contributed by atoms with van der Waals surface area (Å²) in [5.41, 5.74) is -0.728. The number of nitrogens with one attached hydrogen (secondary N) is 2. The van der Waals surface area contributed by atoms with Gasteiger partial charge in [0.2, 0.25) is 0 Å². The zero-order valence-electron chi connectivity index (χ0n) is 11.1. The number of carbonyl (C=O) groups excluding carboxylic acids is 1. The monoisotopic (exact) mass is 295 g/mol. The summed E-state index contributed by atoms with van der Waals surface area (Å²) in [5.74, 6) is -3.77. The van der Waals surface area contributed by atoms with E-state index in [9.17, 15) is 18.0 Å². The van der Waals surface area contributed by atoms with Gasteiger partial charge >= 0.3 is 0 Å². The molecule has 0 aliphatic carbocycles. The highest BCUT2D eigenvalue weighted by molar-refractivity contribution is 6.03. The second-order valence-electron chi connectivity index (χ2n) is 4.14. The minimum absolute atomic E-state index is 0.0171. The Bertz CT molecular complexity index is 653. The number of aromatic nitrogens is 1. The molecule has 0 fully saturated rings. The van der Waals surface area contributed by atoms with E-state index in [1.54, 1.807) is 12.1 Å². The number of halogens is 3. The number of anilines is 2. The molecule has 2 rings (SSSR count). The van der Waals surface area contributed by atoms with Crippen molar-refractivity contribution in [2.24, 2.45) is 0 Å². The quantitative estimate of drug-likeness (QED) is 0.911. The van der Waals surface area contributed by atoms with Crippen LogP contribution in [0.2, 0.25) is 0 Å². The second kappa shape index (κ2) is 6.25. The third kappa shape index (κ3) is 3.50. The maximum atomic E-state index is 13.5. The Labute approximate surface area is 119 Å². The van der Waals surface area contributed by atoms with E-state index in [0.29, 0.717) is 24.5 Å². The molecule has 21 heavy (non-hydrogen) atoms. The summed E-state index contributed by atoms with van der Waals surface area (Å²) < 4.78 is 39.7. The molecule has 0 aliphatic heterocycles. The van der Waals surface area contributed by atoms with Crippen LogP contribution in [0.4, 0.5) is 24.7 Å². The highest BCUT2D eigenvalue weighted by Gasteiger charge is 2.16. The topological polar surface area (TPSA) is 54.0 Å². The van der Waals surface area contributed by atoms with E-state index in [2.05, 4.69) is 10.3 Å². The molecule has 7 heteroatoms. The average Bonchev–Trinajstić information content (AvgIpc) is 2.43. The minimum atomic E-state index is -1.19. The first-order chi connectivity index (χ1) is 10.0. The van der Waals surface area contributed by atoms with Crippen molar-refractivity contribution in [3.8, 4) is 0 Å². The van der Waals surface area contributed by atoms with Gasteiger partial charge in [0.25, 0.3) is 5.91 Å². The number of pyridine rings is 1. The van der Waals surface area contributed by atoms with Crippen molar-refractivity contribution in [3.63, 3.8) is 0 Å². The van der Waals surface area contributed by atoms with Gasteiger partial charge in [0.15, 0.2) is 11.6 Å². The van der Waals surface area contributed by atoms with Crippen molar-refractivity contribution in [1.82, 2.24) is 4.98 Å². The maximum Gasteiger partial charge on any atom is 0.274 e. The number of rotatable bonds is 4. The standard InChI is InChI=1S/C14H12F3N3O/c1-2-18-12-5-3-4-11(19-12)14(21)20-13-9(16)6-8(15)7-10(13)17/h3-7H,2H2,1H3,(H,18,19)(H,20,21). The first-order valence-electron chi connectivity index (χ1n) is 6.18. The van der Waals surface area contributed by atoms with Crippen LogP contribution in [0.5, 0.6) is 0 Å². The summed E-state index contributed by atoms with van der Waals surface area (Å²) in [6.07, 6.45) is 0. The van der Waals surface area contributed by atoms with E-state index >= 15 is 0 Å². The molecule has 0 spiro atoms. The molecule has 110 valence electrons. The molecule has 0 atom stereocenters. The Morgan fingerprint density at radius 2 is 1.86 bits per heavy atom. The van der Waals surface area contributed by atoms with Crippen LogP contribution in [0.15, 0.2) is 30.3 Å². The molecule has 0 saturated carbocycles. The van der Waals surface area contributed by atoms with Crippen LogP contribution in [-0.4, -0.2) is 17.4 Å². The molecule has 0 unspecified atom stereocenters. The zero-order chi connectivity index (χ0) is 15.4. The lowest BCUT2D eigenvalue weighted by Gasteiger charge is -2.08. The smallest absolute Gasteiger partial charge is 0.274 e. The van der Waals surface area contributed by atoms with Crippen LogP contribution in [0.3, 0.4) is 0 Å². The van der Waals surface area contributed by atoms with Crippen molar-refractivity contribution in [2.45, 2.75) is 6.92 Å². The molecule has 1 heterocycles. The molecule has 1 amide bonds. The van der Waals surface area contributed by atoms with Gasteiger partial charge in [-0.15, -0.1) is 0 Å². The predicted octanol–water partition coefficient (Wildman–Crippen LogP) is 3.18. The van der Waals surface area contributed by atoms with Gasteiger partial charge in [-0.3, -0.25) is 4.79 Å². The van der Waals surface area contributed by atoms with Gasteiger partial charge in [-0.1, -0.05) is 6.07 Å². The summed E-state index contributed by atoms with van der Waals surface area (Å²) in [6, 6.07) is 5.61. The summed E-state index contributed by atoms with van der Waals surface area (Å²) >= 11 is 0. The number of benzene rings is 1. The highest BCUT2D eigenvalue weighted by atomic mass is 19.1. The molecule has 0 radical (unpaired) electrons. The molecule has 1 aromatic heterocycles. The lowest BCUT2D eigenvalue weighted by atomic mass is 10.2. The largest absolute Gasteiger partial charge is 0.370 e. The third-order valence-electron chi connectivity index (χ3n) is 2.59. The summed E-state index contributed by atoms with van der Waals surface area (Å²) in [6.45, 7) is 2.47. The van der Waals surface area contributed by atoms with Gasteiger partial charge in [0, 0.05) is 18.7 Å². The Kier molecular flexibility index (Phi) is 4.42. The molecule has 1 aromatic carbocycles. The molecule has 0 saturated heterocycles. The number of nitrogens with zero attached hydrogens (tertiary/aromatic N) is 1. The number of amides is 1. The molecule has 2 N–H and O–H groups in total. The van der Waals surface area contributed by atoms with E-state index < -0.39 is 29.0 Å². The van der Waals surface area contributed by atoms with Crippen LogP contribution in [-0.2, 0) is 0 Å². The number of carbonyl (C=O) groups is 1. The molecule has 2 aromatic rings. The van der Waals surface area contributed by atoms with Gasteiger partial charge in [-0.2, -0.15) is 0 Å². The van der Waals surface area contributed by atoms with Gasteiger partial charge in [0.1, 0.15) is 23.0 Å². The first-order valence-corrected chi connectivity index (χ1v) is 6.18. The molecule has 0 aliphatic rings. The SMILES string of the molecule is CCNc1cccc(C(=O)Nc2c(F)cc(F)cc2F)n1. The lowest BCUT2D eigenvalue weighted by molar-refractivity contribution is 0.102. The van der Waals surface area contributed by atoms with Crippen molar-refractivity contribution in [3.05, 3.63) is 53.5 Å². The van der Waals surface area contributed by atoms with Gasteiger partial charge in [0.05, 0.1) is 0 Å².